The Morgan fingerprint density at radius 1 is 1.17 bits per heavy atom. The van der Waals surface area contributed by atoms with E-state index in [4.69, 9.17) is 9.47 Å². The van der Waals surface area contributed by atoms with Crippen LogP contribution in [-0.2, 0) is 11.2 Å². The number of nitrogens with one attached hydrogen (secondary N) is 1. The average molecular weight is 311 g/mol. The van der Waals surface area contributed by atoms with E-state index in [0.717, 1.165) is 28.3 Å². The molecule has 0 aromatic heterocycles. The summed E-state index contributed by atoms with van der Waals surface area (Å²) in [7, 11) is 1.63. The molecule has 2 aromatic carbocycles. The van der Waals surface area contributed by atoms with Crippen molar-refractivity contribution in [2.45, 2.75) is 20.3 Å². The van der Waals surface area contributed by atoms with Gasteiger partial charge in [-0.25, -0.2) is 0 Å². The molecule has 0 spiro atoms. The summed E-state index contributed by atoms with van der Waals surface area (Å²) in [5.74, 6) is 1.40. The van der Waals surface area contributed by atoms with Gasteiger partial charge in [0.05, 0.1) is 13.0 Å². The number of ether oxygens (including phenoxy) is 2. The molecule has 2 aromatic rings. The second-order valence-corrected chi connectivity index (χ2v) is 5.97. The van der Waals surface area contributed by atoms with Gasteiger partial charge in [-0.1, -0.05) is 6.07 Å². The van der Waals surface area contributed by atoms with Gasteiger partial charge in [0.2, 0.25) is 5.91 Å². The Kier molecular flexibility index (Phi) is 4.24. The zero-order valence-corrected chi connectivity index (χ0v) is 13.7. The number of benzene rings is 2. The first-order valence-electron chi connectivity index (χ1n) is 7.74. The zero-order valence-electron chi connectivity index (χ0n) is 13.7. The third-order valence-electron chi connectivity index (χ3n) is 4.32. The number of aryl methyl sites for hydroxylation is 2. The van der Waals surface area contributed by atoms with Crippen LogP contribution in [0.4, 0.5) is 5.69 Å². The highest BCUT2D eigenvalue weighted by atomic mass is 16.5. The molecule has 4 nitrogen and oxygen atoms in total. The van der Waals surface area contributed by atoms with Gasteiger partial charge >= 0.3 is 0 Å². The molecule has 0 bridgehead atoms. The van der Waals surface area contributed by atoms with E-state index in [1.54, 1.807) is 7.11 Å². The maximum atomic E-state index is 12.5. The quantitative estimate of drug-likeness (QED) is 0.943. The topological polar surface area (TPSA) is 47.6 Å². The molecule has 120 valence electrons. The lowest BCUT2D eigenvalue weighted by Crippen LogP contribution is -2.32. The number of amides is 1. The van der Waals surface area contributed by atoms with Crippen molar-refractivity contribution in [1.29, 1.82) is 0 Å². The largest absolute Gasteiger partial charge is 0.497 e. The summed E-state index contributed by atoms with van der Waals surface area (Å²) < 4.78 is 11.0. The van der Waals surface area contributed by atoms with E-state index in [1.165, 1.54) is 5.56 Å². The zero-order chi connectivity index (χ0) is 16.4. The molecule has 0 saturated heterocycles. The lowest BCUT2D eigenvalue weighted by Gasteiger charge is -2.25. The molecule has 0 saturated carbocycles. The molecule has 1 aliphatic rings. The predicted octanol–water partition coefficient (Wildman–Crippen LogP) is 3.50. The van der Waals surface area contributed by atoms with E-state index in [-0.39, 0.29) is 11.8 Å². The van der Waals surface area contributed by atoms with Crippen molar-refractivity contribution in [3.05, 3.63) is 53.1 Å². The van der Waals surface area contributed by atoms with Crippen LogP contribution in [0.2, 0.25) is 0 Å². The molecule has 23 heavy (non-hydrogen) atoms. The van der Waals surface area contributed by atoms with Crippen LogP contribution in [-0.4, -0.2) is 19.6 Å². The second-order valence-electron chi connectivity index (χ2n) is 5.97. The van der Waals surface area contributed by atoms with Crippen molar-refractivity contribution in [2.75, 3.05) is 19.0 Å². The van der Waals surface area contributed by atoms with Crippen LogP contribution < -0.4 is 14.8 Å². The minimum Gasteiger partial charge on any atom is -0.497 e. The van der Waals surface area contributed by atoms with Crippen molar-refractivity contribution in [1.82, 2.24) is 0 Å². The lowest BCUT2D eigenvalue weighted by molar-refractivity contribution is -0.121. The van der Waals surface area contributed by atoms with Gasteiger partial charge in [-0.3, -0.25) is 4.79 Å². The van der Waals surface area contributed by atoms with Crippen LogP contribution in [0.3, 0.4) is 0 Å². The SMILES string of the molecule is COc1ccc2c(c1)C[C@@H](C(=O)Nc1ccc(C)c(C)c1)CO2. The van der Waals surface area contributed by atoms with Gasteiger partial charge in [0.25, 0.3) is 0 Å². The maximum Gasteiger partial charge on any atom is 0.231 e. The summed E-state index contributed by atoms with van der Waals surface area (Å²) in [5, 5.41) is 2.99. The summed E-state index contributed by atoms with van der Waals surface area (Å²) in [6, 6.07) is 11.6. The van der Waals surface area contributed by atoms with E-state index >= 15 is 0 Å². The molecule has 1 amide bonds. The average Bonchev–Trinajstić information content (AvgIpc) is 2.57. The van der Waals surface area contributed by atoms with Crippen LogP contribution in [0.15, 0.2) is 36.4 Å². The van der Waals surface area contributed by atoms with Gasteiger partial charge in [0.15, 0.2) is 0 Å². The standard InChI is InChI=1S/C19H21NO3/c1-12-4-5-16(8-13(12)2)20-19(21)15-9-14-10-17(22-3)6-7-18(14)23-11-15/h4-8,10,15H,9,11H2,1-3H3,(H,20,21)/t15-/m1/s1. The number of methoxy groups -OCH3 is 1. The Hall–Kier alpha value is -2.49. The fourth-order valence-electron chi connectivity index (χ4n) is 2.73. The van der Waals surface area contributed by atoms with Crippen LogP contribution >= 0.6 is 0 Å². The highest BCUT2D eigenvalue weighted by Crippen LogP contribution is 2.31. The van der Waals surface area contributed by atoms with Crippen LogP contribution in [0.25, 0.3) is 0 Å². The Morgan fingerprint density at radius 2 is 2.00 bits per heavy atom. The third kappa shape index (κ3) is 3.31. The smallest absolute Gasteiger partial charge is 0.231 e. The van der Waals surface area contributed by atoms with Gasteiger partial charge in [-0.05, 0) is 67.3 Å². The van der Waals surface area contributed by atoms with Gasteiger partial charge in [0, 0.05) is 5.69 Å². The molecule has 0 fully saturated rings. The highest BCUT2D eigenvalue weighted by molar-refractivity contribution is 5.93. The first-order valence-corrected chi connectivity index (χ1v) is 7.74. The van der Waals surface area contributed by atoms with E-state index < -0.39 is 0 Å². The van der Waals surface area contributed by atoms with E-state index in [0.29, 0.717) is 13.0 Å². The van der Waals surface area contributed by atoms with Crippen molar-refractivity contribution < 1.29 is 14.3 Å². The van der Waals surface area contributed by atoms with Crippen LogP contribution in [0, 0.1) is 19.8 Å². The number of hydrogen-bond acceptors (Lipinski definition) is 3. The second kappa shape index (κ2) is 6.32. The molecular formula is C19H21NO3. The first kappa shape index (κ1) is 15.4. The molecule has 1 atom stereocenters. The van der Waals surface area contributed by atoms with E-state index in [1.807, 2.05) is 43.3 Å². The monoisotopic (exact) mass is 311 g/mol. The maximum absolute atomic E-state index is 12.5. The summed E-state index contributed by atoms with van der Waals surface area (Å²) >= 11 is 0. The number of carbonyl (C=O) groups excluding carboxylic acids is 1. The van der Waals surface area contributed by atoms with Crippen molar-refractivity contribution in [2.24, 2.45) is 5.92 Å². The van der Waals surface area contributed by atoms with Gasteiger partial charge in [-0.15, -0.1) is 0 Å². The lowest BCUT2D eigenvalue weighted by atomic mass is 9.95. The molecular weight excluding hydrogens is 290 g/mol. The molecule has 3 rings (SSSR count). The van der Waals surface area contributed by atoms with Gasteiger partial charge in [-0.2, -0.15) is 0 Å². The number of fused-ring (bicyclic) bond motifs is 1. The number of anilines is 1. The minimum absolute atomic E-state index is 0.0123. The van der Waals surface area contributed by atoms with Crippen molar-refractivity contribution in [3.8, 4) is 11.5 Å². The third-order valence-corrected chi connectivity index (χ3v) is 4.32. The van der Waals surface area contributed by atoms with Crippen molar-refractivity contribution >= 4 is 11.6 Å². The summed E-state index contributed by atoms with van der Waals surface area (Å²) in [5.41, 5.74) is 4.22. The Morgan fingerprint density at radius 3 is 2.74 bits per heavy atom. The molecule has 1 heterocycles. The Balaban J connectivity index is 1.72. The summed E-state index contributed by atoms with van der Waals surface area (Å²) in [4.78, 5) is 12.5. The fourth-order valence-corrected chi connectivity index (χ4v) is 2.73. The van der Waals surface area contributed by atoms with Crippen LogP contribution in [0.5, 0.6) is 11.5 Å². The van der Waals surface area contributed by atoms with E-state index in [9.17, 15) is 4.79 Å². The Bertz CT molecular complexity index is 739. The number of rotatable bonds is 3. The first-order chi connectivity index (χ1) is 11.1. The van der Waals surface area contributed by atoms with Crippen molar-refractivity contribution in [3.63, 3.8) is 0 Å². The molecule has 0 unspecified atom stereocenters. The number of hydrogen-bond donors (Lipinski definition) is 1. The highest BCUT2D eigenvalue weighted by Gasteiger charge is 2.26. The fraction of sp³-hybridized carbons (Fsp3) is 0.316. The van der Waals surface area contributed by atoms with E-state index in [2.05, 4.69) is 12.2 Å². The molecule has 4 heteroatoms. The number of carbonyl (C=O) groups is 1. The Labute approximate surface area is 136 Å². The van der Waals surface area contributed by atoms with Crippen LogP contribution in [0.1, 0.15) is 16.7 Å². The predicted molar refractivity (Wildman–Crippen MR) is 90.2 cm³/mol. The minimum atomic E-state index is -0.198. The molecule has 1 N–H and O–H groups in total. The normalized spacial score (nSPS) is 16.2. The summed E-state index contributed by atoms with van der Waals surface area (Å²) in [6.45, 7) is 4.49. The molecule has 1 aliphatic heterocycles. The summed E-state index contributed by atoms with van der Waals surface area (Å²) in [6.07, 6.45) is 0.656. The molecule has 0 radical (unpaired) electrons. The van der Waals surface area contributed by atoms with Gasteiger partial charge in [0.1, 0.15) is 18.1 Å². The molecule has 0 aliphatic carbocycles. The van der Waals surface area contributed by atoms with Gasteiger partial charge < -0.3 is 14.8 Å².